The Morgan fingerprint density at radius 2 is 2.11 bits per heavy atom. The minimum atomic E-state index is 0.236. The number of anilines is 1. The second kappa shape index (κ2) is 7.39. The number of aromatic nitrogens is 3. The van der Waals surface area contributed by atoms with Crippen molar-refractivity contribution in [3.63, 3.8) is 0 Å². The first kappa shape index (κ1) is 17.5. The van der Waals surface area contributed by atoms with E-state index in [1.807, 2.05) is 30.5 Å². The van der Waals surface area contributed by atoms with Crippen molar-refractivity contribution in [1.82, 2.24) is 15.1 Å². The Kier molecular flexibility index (Phi) is 4.79. The Balaban J connectivity index is 1.64. The number of methoxy groups -OCH3 is 1. The molecule has 0 saturated carbocycles. The summed E-state index contributed by atoms with van der Waals surface area (Å²) in [6, 6.07) is 12.5. The Hall–Kier alpha value is -2.89. The number of benzene rings is 1. The van der Waals surface area contributed by atoms with Crippen LogP contribution < -0.4 is 9.64 Å². The lowest BCUT2D eigenvalue weighted by molar-refractivity contribution is 0.414. The van der Waals surface area contributed by atoms with Gasteiger partial charge in [0.2, 0.25) is 0 Å². The summed E-state index contributed by atoms with van der Waals surface area (Å²) in [5, 5.41) is 4.07. The molecule has 3 heterocycles. The third-order valence-corrected chi connectivity index (χ3v) is 4.98. The minimum Gasteiger partial charge on any atom is -0.497 e. The van der Waals surface area contributed by atoms with E-state index >= 15 is 0 Å². The molecule has 1 aliphatic rings. The second-order valence-electron chi connectivity index (χ2n) is 7.14. The summed E-state index contributed by atoms with van der Waals surface area (Å²) in [7, 11) is 1.70. The van der Waals surface area contributed by atoms with E-state index in [-0.39, 0.29) is 12.0 Å². The molecule has 6 nitrogen and oxygen atoms in total. The van der Waals surface area contributed by atoms with Gasteiger partial charge in [0.25, 0.3) is 5.89 Å². The number of ether oxygens (including phenoxy) is 1. The van der Waals surface area contributed by atoms with Gasteiger partial charge in [0, 0.05) is 24.2 Å². The van der Waals surface area contributed by atoms with Gasteiger partial charge in [-0.2, -0.15) is 4.98 Å². The van der Waals surface area contributed by atoms with Crippen LogP contribution in [0.4, 0.5) is 5.82 Å². The molecule has 1 aliphatic heterocycles. The number of hydrogen-bond acceptors (Lipinski definition) is 6. The van der Waals surface area contributed by atoms with Gasteiger partial charge in [-0.15, -0.1) is 0 Å². The van der Waals surface area contributed by atoms with Gasteiger partial charge >= 0.3 is 0 Å². The van der Waals surface area contributed by atoms with E-state index < -0.39 is 0 Å². The molecule has 6 heteroatoms. The lowest BCUT2D eigenvalue weighted by atomic mass is 10.0. The molecule has 1 saturated heterocycles. The Morgan fingerprint density at radius 3 is 2.89 bits per heavy atom. The van der Waals surface area contributed by atoms with Crippen LogP contribution in [-0.2, 0) is 0 Å². The molecule has 0 N–H and O–H groups in total. The van der Waals surface area contributed by atoms with E-state index in [1.54, 1.807) is 7.11 Å². The fourth-order valence-corrected chi connectivity index (χ4v) is 3.53. The molecule has 2 aromatic heterocycles. The van der Waals surface area contributed by atoms with E-state index in [4.69, 9.17) is 9.26 Å². The largest absolute Gasteiger partial charge is 0.497 e. The maximum absolute atomic E-state index is 5.45. The van der Waals surface area contributed by atoms with Crippen LogP contribution >= 0.6 is 0 Å². The Bertz CT molecular complexity index is 922. The molecular formula is C21H24N4O2. The van der Waals surface area contributed by atoms with Gasteiger partial charge in [-0.25, -0.2) is 4.98 Å². The predicted molar refractivity (Wildman–Crippen MR) is 104 cm³/mol. The van der Waals surface area contributed by atoms with Crippen LogP contribution in [0.2, 0.25) is 0 Å². The fourth-order valence-electron chi connectivity index (χ4n) is 3.53. The Morgan fingerprint density at radius 1 is 1.22 bits per heavy atom. The SMILES string of the molecule is COc1cccc(C2CCCN2c2cc(-c3nc(C(C)C)no3)ccn2)c1. The van der Waals surface area contributed by atoms with Gasteiger partial charge in [0.05, 0.1) is 13.2 Å². The van der Waals surface area contributed by atoms with Gasteiger partial charge in [0.15, 0.2) is 5.82 Å². The summed E-state index contributed by atoms with van der Waals surface area (Å²) in [6.45, 7) is 5.07. The minimum absolute atomic E-state index is 0.236. The highest BCUT2D eigenvalue weighted by Gasteiger charge is 2.28. The first-order chi connectivity index (χ1) is 13.2. The molecule has 1 unspecified atom stereocenters. The smallest absolute Gasteiger partial charge is 0.258 e. The highest BCUT2D eigenvalue weighted by Crippen LogP contribution is 2.37. The van der Waals surface area contributed by atoms with Crippen molar-refractivity contribution in [2.45, 2.75) is 38.6 Å². The standard InChI is InChI=1S/C21H24N4O2/c1-14(2)20-23-21(27-24-20)16-9-10-22-19(13-16)25-11-5-8-18(25)15-6-4-7-17(12-15)26-3/h4,6-7,9-10,12-14,18H,5,8,11H2,1-3H3. The van der Waals surface area contributed by atoms with E-state index in [0.29, 0.717) is 5.89 Å². The predicted octanol–water partition coefficient (Wildman–Crippen LogP) is 4.61. The lowest BCUT2D eigenvalue weighted by Gasteiger charge is -2.26. The summed E-state index contributed by atoms with van der Waals surface area (Å²) < 4.78 is 10.8. The molecule has 0 spiro atoms. The summed E-state index contributed by atoms with van der Waals surface area (Å²) in [5.41, 5.74) is 2.15. The molecule has 3 aromatic rings. The molecule has 0 radical (unpaired) electrons. The van der Waals surface area contributed by atoms with Crippen LogP contribution in [0.3, 0.4) is 0 Å². The molecule has 1 atom stereocenters. The van der Waals surface area contributed by atoms with Gasteiger partial charge in [-0.05, 0) is 42.7 Å². The summed E-state index contributed by atoms with van der Waals surface area (Å²) >= 11 is 0. The first-order valence-electron chi connectivity index (χ1n) is 9.36. The Labute approximate surface area is 159 Å². The monoisotopic (exact) mass is 364 g/mol. The third-order valence-electron chi connectivity index (χ3n) is 4.98. The van der Waals surface area contributed by atoms with Gasteiger partial charge in [0.1, 0.15) is 11.6 Å². The zero-order valence-electron chi connectivity index (χ0n) is 15.9. The van der Waals surface area contributed by atoms with Crippen molar-refractivity contribution >= 4 is 5.82 Å². The zero-order chi connectivity index (χ0) is 18.8. The fraction of sp³-hybridized carbons (Fsp3) is 0.381. The van der Waals surface area contributed by atoms with Gasteiger partial charge < -0.3 is 14.2 Å². The van der Waals surface area contributed by atoms with Crippen LogP contribution in [0.5, 0.6) is 5.75 Å². The molecular weight excluding hydrogens is 340 g/mol. The highest BCUT2D eigenvalue weighted by atomic mass is 16.5. The van der Waals surface area contributed by atoms with E-state index in [1.165, 1.54) is 5.56 Å². The molecule has 0 bridgehead atoms. The van der Waals surface area contributed by atoms with Crippen molar-refractivity contribution in [1.29, 1.82) is 0 Å². The summed E-state index contributed by atoms with van der Waals surface area (Å²) in [5.74, 6) is 3.31. The van der Waals surface area contributed by atoms with Crippen LogP contribution in [0, 0.1) is 0 Å². The van der Waals surface area contributed by atoms with Crippen LogP contribution in [0.1, 0.15) is 50.0 Å². The molecule has 1 aromatic carbocycles. The maximum atomic E-state index is 5.45. The molecule has 4 rings (SSSR count). The second-order valence-corrected chi connectivity index (χ2v) is 7.14. The number of pyridine rings is 1. The molecule has 0 amide bonds. The average Bonchev–Trinajstić information content (AvgIpc) is 3.38. The van der Waals surface area contributed by atoms with E-state index in [9.17, 15) is 0 Å². The topological polar surface area (TPSA) is 64.3 Å². The first-order valence-corrected chi connectivity index (χ1v) is 9.36. The number of hydrogen-bond donors (Lipinski definition) is 0. The van der Waals surface area contributed by atoms with Crippen molar-refractivity contribution in [2.75, 3.05) is 18.6 Å². The third kappa shape index (κ3) is 3.52. The van der Waals surface area contributed by atoms with Crippen LogP contribution in [0.15, 0.2) is 47.1 Å². The molecule has 1 fully saturated rings. The normalized spacial score (nSPS) is 16.9. The van der Waals surface area contributed by atoms with Crippen molar-refractivity contribution < 1.29 is 9.26 Å². The van der Waals surface area contributed by atoms with E-state index in [2.05, 4.69) is 46.0 Å². The summed E-state index contributed by atoms with van der Waals surface area (Å²) in [6.07, 6.45) is 4.04. The van der Waals surface area contributed by atoms with Crippen LogP contribution in [0.25, 0.3) is 11.5 Å². The summed E-state index contributed by atoms with van der Waals surface area (Å²) in [4.78, 5) is 11.5. The lowest BCUT2D eigenvalue weighted by Crippen LogP contribution is -2.23. The van der Waals surface area contributed by atoms with Crippen molar-refractivity contribution in [2.24, 2.45) is 0 Å². The highest BCUT2D eigenvalue weighted by molar-refractivity contribution is 5.59. The van der Waals surface area contributed by atoms with E-state index in [0.717, 1.165) is 42.3 Å². The zero-order valence-corrected chi connectivity index (χ0v) is 15.9. The van der Waals surface area contributed by atoms with Crippen molar-refractivity contribution in [3.05, 3.63) is 54.0 Å². The van der Waals surface area contributed by atoms with Crippen molar-refractivity contribution in [3.8, 4) is 17.2 Å². The maximum Gasteiger partial charge on any atom is 0.258 e. The van der Waals surface area contributed by atoms with Gasteiger partial charge in [-0.3, -0.25) is 0 Å². The molecule has 140 valence electrons. The number of rotatable bonds is 5. The number of nitrogens with zero attached hydrogens (tertiary/aromatic N) is 4. The van der Waals surface area contributed by atoms with Crippen LogP contribution in [-0.4, -0.2) is 28.8 Å². The molecule has 0 aliphatic carbocycles. The average molecular weight is 364 g/mol. The quantitative estimate of drug-likeness (QED) is 0.659. The van der Waals surface area contributed by atoms with Gasteiger partial charge in [-0.1, -0.05) is 31.1 Å². The molecule has 27 heavy (non-hydrogen) atoms.